The Morgan fingerprint density at radius 3 is 2.75 bits per heavy atom. The first-order valence-electron chi connectivity index (χ1n) is 6.56. The molecule has 4 nitrogen and oxygen atoms in total. The molecule has 2 aromatic rings. The van der Waals surface area contributed by atoms with Crippen molar-refractivity contribution in [2.75, 3.05) is 0 Å². The minimum Gasteiger partial charge on any atom is -0.293 e. The van der Waals surface area contributed by atoms with E-state index < -0.39 is 0 Å². The van der Waals surface area contributed by atoms with Gasteiger partial charge < -0.3 is 0 Å². The van der Waals surface area contributed by atoms with Gasteiger partial charge in [-0.15, -0.1) is 0 Å². The summed E-state index contributed by atoms with van der Waals surface area (Å²) in [5.74, 6) is 0.576. The van der Waals surface area contributed by atoms with Gasteiger partial charge in [-0.2, -0.15) is 0 Å². The molecule has 0 amide bonds. The Labute approximate surface area is 122 Å². The van der Waals surface area contributed by atoms with Crippen LogP contribution in [0.2, 0.25) is 5.15 Å². The van der Waals surface area contributed by atoms with Crippen LogP contribution in [-0.4, -0.2) is 20.7 Å². The maximum Gasteiger partial charge on any atom is 0.173 e. The standard InChI is InChI=1S/C15H14ClN3O/c1-8-7-13(18-9(2)17-8)11-3-5-12-10(15(11)20)4-6-14(16)19-12/h4,6-7,11H,3,5H2,1-2H3. The van der Waals surface area contributed by atoms with Crippen molar-refractivity contribution in [3.05, 3.63) is 51.8 Å². The summed E-state index contributed by atoms with van der Waals surface area (Å²) in [6, 6.07) is 5.32. The van der Waals surface area contributed by atoms with Crippen LogP contribution in [0.3, 0.4) is 0 Å². The normalized spacial score (nSPS) is 17.9. The summed E-state index contributed by atoms with van der Waals surface area (Å²) in [4.78, 5) is 25.5. The Kier molecular flexibility index (Phi) is 3.26. The average molecular weight is 288 g/mol. The van der Waals surface area contributed by atoms with E-state index in [2.05, 4.69) is 15.0 Å². The number of aryl methyl sites for hydroxylation is 3. The molecule has 0 saturated carbocycles. The van der Waals surface area contributed by atoms with Gasteiger partial charge in [0.15, 0.2) is 5.78 Å². The second kappa shape index (κ2) is 4.94. The first kappa shape index (κ1) is 13.2. The lowest BCUT2D eigenvalue weighted by molar-refractivity contribution is 0.0943. The van der Waals surface area contributed by atoms with Gasteiger partial charge in [0.05, 0.1) is 17.3 Å². The Morgan fingerprint density at radius 2 is 2.00 bits per heavy atom. The molecule has 20 heavy (non-hydrogen) atoms. The molecule has 3 rings (SSSR count). The topological polar surface area (TPSA) is 55.7 Å². The van der Waals surface area contributed by atoms with Gasteiger partial charge in [-0.25, -0.2) is 15.0 Å². The predicted molar refractivity (Wildman–Crippen MR) is 76.1 cm³/mol. The van der Waals surface area contributed by atoms with Crippen molar-refractivity contribution >= 4 is 17.4 Å². The van der Waals surface area contributed by atoms with E-state index in [0.29, 0.717) is 16.5 Å². The predicted octanol–water partition coefficient (Wildman–Crippen LogP) is 3.05. The number of pyridine rings is 1. The van der Waals surface area contributed by atoms with E-state index in [1.54, 1.807) is 12.1 Å². The molecule has 2 heterocycles. The number of carbonyl (C=O) groups excluding carboxylic acids is 1. The van der Waals surface area contributed by atoms with Crippen LogP contribution in [0.5, 0.6) is 0 Å². The molecule has 0 spiro atoms. The van der Waals surface area contributed by atoms with Gasteiger partial charge in [0, 0.05) is 11.3 Å². The highest BCUT2D eigenvalue weighted by Crippen LogP contribution is 2.31. The highest BCUT2D eigenvalue weighted by molar-refractivity contribution is 6.29. The highest BCUT2D eigenvalue weighted by atomic mass is 35.5. The molecule has 0 N–H and O–H groups in total. The van der Waals surface area contributed by atoms with Crippen molar-refractivity contribution in [2.45, 2.75) is 32.6 Å². The number of ketones is 1. The fourth-order valence-corrected chi connectivity index (χ4v) is 2.86. The van der Waals surface area contributed by atoms with E-state index in [-0.39, 0.29) is 11.7 Å². The van der Waals surface area contributed by atoms with Crippen LogP contribution >= 0.6 is 11.6 Å². The lowest BCUT2D eigenvalue weighted by atomic mass is 9.83. The Balaban J connectivity index is 2.01. The molecule has 1 aliphatic rings. The number of Topliss-reactive ketones (excluding diaryl/α,β-unsaturated/α-hetero) is 1. The average Bonchev–Trinajstić information content (AvgIpc) is 2.37. The molecule has 0 radical (unpaired) electrons. The molecule has 0 bridgehead atoms. The summed E-state index contributed by atoms with van der Waals surface area (Å²) in [5, 5.41) is 0.434. The summed E-state index contributed by atoms with van der Waals surface area (Å²) in [7, 11) is 0. The van der Waals surface area contributed by atoms with Crippen LogP contribution < -0.4 is 0 Å². The van der Waals surface area contributed by atoms with E-state index in [1.807, 2.05) is 19.9 Å². The van der Waals surface area contributed by atoms with Crippen molar-refractivity contribution in [2.24, 2.45) is 0 Å². The largest absolute Gasteiger partial charge is 0.293 e. The highest BCUT2D eigenvalue weighted by Gasteiger charge is 2.30. The third kappa shape index (κ3) is 2.31. The summed E-state index contributed by atoms with van der Waals surface area (Å²) < 4.78 is 0. The summed E-state index contributed by atoms with van der Waals surface area (Å²) in [5.41, 5.74) is 3.15. The Morgan fingerprint density at radius 1 is 1.20 bits per heavy atom. The van der Waals surface area contributed by atoms with Crippen LogP contribution in [0.15, 0.2) is 18.2 Å². The van der Waals surface area contributed by atoms with Crippen molar-refractivity contribution in [3.8, 4) is 0 Å². The van der Waals surface area contributed by atoms with Crippen LogP contribution in [0.1, 0.15) is 45.6 Å². The smallest absolute Gasteiger partial charge is 0.173 e. The number of hydrogen-bond donors (Lipinski definition) is 0. The Bertz CT molecular complexity index is 679. The summed E-state index contributed by atoms with van der Waals surface area (Å²) >= 11 is 5.88. The van der Waals surface area contributed by atoms with Gasteiger partial charge in [0.1, 0.15) is 11.0 Å². The third-order valence-electron chi connectivity index (χ3n) is 3.53. The van der Waals surface area contributed by atoms with E-state index in [0.717, 1.165) is 29.9 Å². The first-order valence-corrected chi connectivity index (χ1v) is 6.94. The number of hydrogen-bond acceptors (Lipinski definition) is 4. The van der Waals surface area contributed by atoms with Gasteiger partial charge in [0.2, 0.25) is 0 Å². The maximum absolute atomic E-state index is 12.6. The molecule has 1 atom stereocenters. The van der Waals surface area contributed by atoms with E-state index in [4.69, 9.17) is 11.6 Å². The molecular formula is C15H14ClN3O. The monoisotopic (exact) mass is 287 g/mol. The quantitative estimate of drug-likeness (QED) is 0.757. The van der Waals surface area contributed by atoms with Crippen molar-refractivity contribution in [3.63, 3.8) is 0 Å². The fraction of sp³-hybridized carbons (Fsp3) is 0.333. The summed E-state index contributed by atoms with van der Waals surface area (Å²) in [6.07, 6.45) is 1.46. The van der Waals surface area contributed by atoms with E-state index >= 15 is 0 Å². The van der Waals surface area contributed by atoms with Gasteiger partial charge in [-0.05, 0) is 44.9 Å². The minimum absolute atomic E-state index is 0.0768. The lowest BCUT2D eigenvalue weighted by Gasteiger charge is -2.22. The molecule has 102 valence electrons. The second-order valence-electron chi connectivity index (χ2n) is 5.07. The zero-order valence-electron chi connectivity index (χ0n) is 11.4. The van der Waals surface area contributed by atoms with Crippen molar-refractivity contribution in [1.82, 2.24) is 15.0 Å². The summed E-state index contributed by atoms with van der Waals surface area (Å²) in [6.45, 7) is 3.76. The van der Waals surface area contributed by atoms with Crippen LogP contribution in [-0.2, 0) is 6.42 Å². The molecule has 5 heteroatoms. The van der Waals surface area contributed by atoms with Gasteiger partial charge >= 0.3 is 0 Å². The number of aromatic nitrogens is 3. The lowest BCUT2D eigenvalue weighted by Crippen LogP contribution is -2.23. The zero-order valence-corrected chi connectivity index (χ0v) is 12.1. The maximum atomic E-state index is 12.6. The molecule has 1 unspecified atom stereocenters. The van der Waals surface area contributed by atoms with E-state index in [9.17, 15) is 4.79 Å². The SMILES string of the molecule is Cc1cc(C2CCc3nc(Cl)ccc3C2=O)nc(C)n1. The molecule has 0 aliphatic heterocycles. The minimum atomic E-state index is -0.203. The number of fused-ring (bicyclic) bond motifs is 1. The van der Waals surface area contributed by atoms with Gasteiger partial charge in [-0.3, -0.25) is 4.79 Å². The van der Waals surface area contributed by atoms with Crippen molar-refractivity contribution < 1.29 is 4.79 Å². The van der Waals surface area contributed by atoms with Crippen LogP contribution in [0.25, 0.3) is 0 Å². The molecule has 0 aromatic carbocycles. The third-order valence-corrected chi connectivity index (χ3v) is 3.75. The Hall–Kier alpha value is -1.81. The molecular weight excluding hydrogens is 274 g/mol. The fourth-order valence-electron chi connectivity index (χ4n) is 2.70. The van der Waals surface area contributed by atoms with Gasteiger partial charge in [-0.1, -0.05) is 11.6 Å². The molecule has 0 saturated heterocycles. The number of nitrogens with zero attached hydrogens (tertiary/aromatic N) is 3. The van der Waals surface area contributed by atoms with E-state index in [1.165, 1.54) is 0 Å². The molecule has 2 aromatic heterocycles. The number of halogens is 1. The molecule has 0 fully saturated rings. The first-order chi connectivity index (χ1) is 9.54. The van der Waals surface area contributed by atoms with Crippen molar-refractivity contribution in [1.29, 1.82) is 0 Å². The van der Waals surface area contributed by atoms with Gasteiger partial charge in [0.25, 0.3) is 0 Å². The second-order valence-corrected chi connectivity index (χ2v) is 5.45. The number of carbonyl (C=O) groups is 1. The van der Waals surface area contributed by atoms with Crippen LogP contribution in [0, 0.1) is 13.8 Å². The number of rotatable bonds is 1. The molecule has 1 aliphatic carbocycles. The zero-order chi connectivity index (χ0) is 14.3. The van der Waals surface area contributed by atoms with Crippen LogP contribution in [0.4, 0.5) is 0 Å².